The van der Waals surface area contributed by atoms with E-state index in [2.05, 4.69) is 25.3 Å². The predicted octanol–water partition coefficient (Wildman–Crippen LogP) is 1.56. The molecular weight excluding hydrogens is 392 g/mol. The summed E-state index contributed by atoms with van der Waals surface area (Å²) in [6, 6.07) is 0. The fraction of sp³-hybridized carbons (Fsp3) is 0.421. The second-order valence-electron chi connectivity index (χ2n) is 7.12. The minimum atomic E-state index is -0.769. The zero-order valence-electron chi connectivity index (χ0n) is 16.5. The van der Waals surface area contributed by atoms with E-state index in [4.69, 9.17) is 4.74 Å². The highest BCUT2D eigenvalue weighted by atomic mass is 32.2. The molecule has 0 unspecified atom stereocenters. The highest BCUT2D eigenvalue weighted by Crippen LogP contribution is 2.34. The van der Waals surface area contributed by atoms with Crippen LogP contribution in [-0.4, -0.2) is 61.0 Å². The average Bonchev–Trinajstić information content (AvgIpc) is 3.37. The second-order valence-corrected chi connectivity index (χ2v) is 7.91. The van der Waals surface area contributed by atoms with Crippen LogP contribution in [0.4, 0.5) is 0 Å². The Kier molecular flexibility index (Phi) is 5.13. The zero-order valence-corrected chi connectivity index (χ0v) is 17.3. The first-order valence-electron chi connectivity index (χ1n) is 9.19. The van der Waals surface area contributed by atoms with Gasteiger partial charge >= 0.3 is 0 Å². The number of thioether (sulfide) groups is 1. The van der Waals surface area contributed by atoms with E-state index in [0.29, 0.717) is 42.0 Å². The Bertz CT molecular complexity index is 1080. The van der Waals surface area contributed by atoms with Gasteiger partial charge in [-0.15, -0.1) is 11.8 Å². The van der Waals surface area contributed by atoms with Crippen LogP contribution in [-0.2, 0) is 6.54 Å². The summed E-state index contributed by atoms with van der Waals surface area (Å²) < 4.78 is 7.05. The van der Waals surface area contributed by atoms with Crippen LogP contribution >= 0.6 is 11.8 Å². The molecule has 0 bridgehead atoms. The minimum Gasteiger partial charge on any atom is -0.480 e. The van der Waals surface area contributed by atoms with E-state index in [1.54, 1.807) is 18.0 Å². The molecule has 0 spiro atoms. The lowest BCUT2D eigenvalue weighted by molar-refractivity contribution is 0.0897. The van der Waals surface area contributed by atoms with Gasteiger partial charge in [-0.2, -0.15) is 4.98 Å². The van der Waals surface area contributed by atoms with Crippen molar-refractivity contribution in [1.82, 2.24) is 29.8 Å². The van der Waals surface area contributed by atoms with Gasteiger partial charge in [-0.05, 0) is 26.0 Å². The van der Waals surface area contributed by atoms with Gasteiger partial charge in [0, 0.05) is 18.3 Å². The maximum Gasteiger partial charge on any atom is 0.255 e. The molecule has 3 aromatic heterocycles. The van der Waals surface area contributed by atoms with Crippen molar-refractivity contribution in [3.8, 4) is 5.88 Å². The summed E-state index contributed by atoms with van der Waals surface area (Å²) in [4.78, 5) is 30.3. The number of nitrogens with zero attached hydrogens (tertiary/aromatic N) is 5. The Morgan fingerprint density at radius 3 is 2.86 bits per heavy atom. The van der Waals surface area contributed by atoms with Crippen molar-refractivity contribution in [3.05, 3.63) is 35.5 Å². The molecule has 152 valence electrons. The van der Waals surface area contributed by atoms with Gasteiger partial charge in [0.1, 0.15) is 16.9 Å². The van der Waals surface area contributed by atoms with Gasteiger partial charge < -0.3 is 19.7 Å². The number of carbonyl (C=O) groups excluding carboxylic acids is 1. The maximum absolute atomic E-state index is 12.8. The Labute approximate surface area is 171 Å². The lowest BCUT2D eigenvalue weighted by Crippen LogP contribution is -2.33. The number of methoxy groups -OCH3 is 1. The largest absolute Gasteiger partial charge is 0.480 e. The van der Waals surface area contributed by atoms with E-state index in [1.807, 2.05) is 17.7 Å². The minimum absolute atomic E-state index is 0.226. The van der Waals surface area contributed by atoms with Crippen molar-refractivity contribution in [2.75, 3.05) is 19.9 Å². The summed E-state index contributed by atoms with van der Waals surface area (Å²) in [6.45, 7) is 2.62. The number of aliphatic hydroxyl groups is 1. The third-order valence-electron chi connectivity index (χ3n) is 5.06. The van der Waals surface area contributed by atoms with E-state index in [0.717, 1.165) is 16.3 Å². The number of hydrogen-bond donors (Lipinski definition) is 2. The number of fused-ring (bicyclic) bond motifs is 1. The van der Waals surface area contributed by atoms with E-state index in [-0.39, 0.29) is 12.5 Å². The molecular formula is C19H22N6O3S. The molecule has 0 aromatic carbocycles. The topological polar surface area (TPSA) is 115 Å². The quantitative estimate of drug-likeness (QED) is 0.442. The third kappa shape index (κ3) is 3.90. The fourth-order valence-electron chi connectivity index (χ4n) is 3.07. The first kappa shape index (κ1) is 19.6. The Hall–Kier alpha value is -2.72. The van der Waals surface area contributed by atoms with Crippen LogP contribution in [0.2, 0.25) is 0 Å². The number of nitrogens with one attached hydrogen (secondary N) is 1. The molecule has 1 fully saturated rings. The lowest BCUT2D eigenvalue weighted by atomic mass is 10.2. The standard InChI is InChI=1S/C19H22N6O3S/c1-11-13(22-10-23-18(11)29-3)8-25-7-12(17(26)21-9-19(27)4-5-19)15-16(25)24-14(28-2)6-20-15/h6-7,10,27H,4-5,8-9H2,1-3H3,(H,21,26). The summed E-state index contributed by atoms with van der Waals surface area (Å²) in [5.41, 5.74) is 2.46. The first-order chi connectivity index (χ1) is 13.9. The van der Waals surface area contributed by atoms with Crippen molar-refractivity contribution >= 4 is 28.8 Å². The number of hydrogen-bond acceptors (Lipinski definition) is 8. The van der Waals surface area contributed by atoms with Crippen LogP contribution < -0.4 is 10.1 Å². The number of aromatic nitrogens is 5. The maximum atomic E-state index is 12.8. The molecule has 0 aliphatic heterocycles. The molecule has 1 aliphatic carbocycles. The molecule has 4 rings (SSSR count). The van der Waals surface area contributed by atoms with E-state index < -0.39 is 5.60 Å². The molecule has 3 heterocycles. The molecule has 1 aliphatic rings. The van der Waals surface area contributed by atoms with Gasteiger partial charge in [-0.25, -0.2) is 15.0 Å². The molecule has 0 saturated heterocycles. The monoisotopic (exact) mass is 414 g/mol. The Morgan fingerprint density at radius 1 is 1.38 bits per heavy atom. The summed E-state index contributed by atoms with van der Waals surface area (Å²) in [6.07, 6.45) is 8.12. The summed E-state index contributed by atoms with van der Waals surface area (Å²) in [7, 11) is 1.52. The van der Waals surface area contributed by atoms with Gasteiger partial charge in [-0.3, -0.25) is 4.79 Å². The molecule has 1 saturated carbocycles. The van der Waals surface area contributed by atoms with Crippen LogP contribution in [0.5, 0.6) is 5.88 Å². The lowest BCUT2D eigenvalue weighted by Gasteiger charge is -2.09. The molecule has 9 nitrogen and oxygen atoms in total. The van der Waals surface area contributed by atoms with Gasteiger partial charge in [0.05, 0.1) is 36.7 Å². The molecule has 0 radical (unpaired) electrons. The van der Waals surface area contributed by atoms with Crippen molar-refractivity contribution in [2.24, 2.45) is 0 Å². The van der Waals surface area contributed by atoms with E-state index in [1.165, 1.54) is 19.6 Å². The Morgan fingerprint density at radius 2 is 2.17 bits per heavy atom. The van der Waals surface area contributed by atoms with Gasteiger partial charge in [0.15, 0.2) is 5.65 Å². The van der Waals surface area contributed by atoms with Gasteiger partial charge in [0.2, 0.25) is 5.88 Å². The number of amides is 1. The van der Waals surface area contributed by atoms with Crippen LogP contribution in [0, 0.1) is 6.92 Å². The molecule has 0 atom stereocenters. The predicted molar refractivity (Wildman–Crippen MR) is 108 cm³/mol. The van der Waals surface area contributed by atoms with Gasteiger partial charge in [0.25, 0.3) is 5.91 Å². The van der Waals surface area contributed by atoms with Crippen molar-refractivity contribution in [3.63, 3.8) is 0 Å². The number of ether oxygens (including phenoxy) is 1. The van der Waals surface area contributed by atoms with Gasteiger partial charge in [-0.1, -0.05) is 0 Å². The number of rotatable bonds is 7. The number of carbonyl (C=O) groups is 1. The van der Waals surface area contributed by atoms with E-state index >= 15 is 0 Å². The molecule has 3 aromatic rings. The van der Waals surface area contributed by atoms with Crippen LogP contribution in [0.3, 0.4) is 0 Å². The molecule has 10 heteroatoms. The zero-order chi connectivity index (χ0) is 20.6. The average molecular weight is 414 g/mol. The van der Waals surface area contributed by atoms with Crippen molar-refractivity contribution in [2.45, 2.75) is 36.9 Å². The summed E-state index contributed by atoms with van der Waals surface area (Å²) >= 11 is 1.56. The van der Waals surface area contributed by atoms with Crippen LogP contribution in [0.25, 0.3) is 11.2 Å². The Balaban J connectivity index is 1.72. The second kappa shape index (κ2) is 7.60. The van der Waals surface area contributed by atoms with Crippen LogP contribution in [0.1, 0.15) is 34.5 Å². The normalized spacial score (nSPS) is 14.8. The highest BCUT2D eigenvalue weighted by Gasteiger charge is 2.40. The summed E-state index contributed by atoms with van der Waals surface area (Å²) in [5.74, 6) is 0.0677. The molecule has 1 amide bonds. The van der Waals surface area contributed by atoms with Crippen molar-refractivity contribution < 1.29 is 14.6 Å². The van der Waals surface area contributed by atoms with E-state index in [9.17, 15) is 9.90 Å². The third-order valence-corrected chi connectivity index (χ3v) is 5.86. The van der Waals surface area contributed by atoms with Crippen molar-refractivity contribution in [1.29, 1.82) is 0 Å². The van der Waals surface area contributed by atoms with Crippen LogP contribution in [0.15, 0.2) is 23.7 Å². The first-order valence-corrected chi connectivity index (χ1v) is 10.4. The molecule has 29 heavy (non-hydrogen) atoms. The fourth-order valence-corrected chi connectivity index (χ4v) is 3.65. The smallest absolute Gasteiger partial charge is 0.255 e. The summed E-state index contributed by atoms with van der Waals surface area (Å²) in [5, 5.41) is 13.7. The SMILES string of the molecule is COc1cnc2c(C(=O)NCC3(O)CC3)cn(Cc3ncnc(SC)c3C)c2n1. The highest BCUT2D eigenvalue weighted by molar-refractivity contribution is 7.98. The molecule has 2 N–H and O–H groups in total.